The van der Waals surface area contributed by atoms with Crippen molar-refractivity contribution in [2.45, 2.75) is 26.5 Å². The minimum atomic E-state index is -0.653. The van der Waals surface area contributed by atoms with E-state index in [9.17, 15) is 9.50 Å². The number of aliphatic hydroxyl groups is 1. The first kappa shape index (κ1) is 14.5. The molecule has 0 aromatic heterocycles. The zero-order chi connectivity index (χ0) is 14.7. The fourth-order valence-electron chi connectivity index (χ4n) is 2.22. The lowest BCUT2D eigenvalue weighted by Crippen LogP contribution is -2.18. The first-order valence-electron chi connectivity index (χ1n) is 6.72. The predicted octanol–water partition coefficient (Wildman–Crippen LogP) is 3.82. The van der Waals surface area contributed by atoms with Gasteiger partial charge in [-0.3, -0.25) is 0 Å². The van der Waals surface area contributed by atoms with Crippen LogP contribution in [-0.4, -0.2) is 12.2 Å². The van der Waals surface area contributed by atoms with Crippen LogP contribution in [0.25, 0.3) is 0 Å². The van der Waals surface area contributed by atoms with Crippen molar-refractivity contribution in [3.8, 4) is 0 Å². The molecule has 1 atom stereocenters. The Morgan fingerprint density at radius 1 is 1.20 bits per heavy atom. The van der Waals surface area contributed by atoms with Gasteiger partial charge in [0.1, 0.15) is 5.82 Å². The third-order valence-corrected chi connectivity index (χ3v) is 3.53. The van der Waals surface area contributed by atoms with Crippen molar-refractivity contribution in [1.29, 1.82) is 0 Å². The second-order valence-electron chi connectivity index (χ2n) is 5.17. The summed E-state index contributed by atoms with van der Waals surface area (Å²) in [6.07, 6.45) is -0.653. The molecule has 3 heteroatoms. The zero-order valence-corrected chi connectivity index (χ0v) is 12.1. The Balaban J connectivity index is 2.21. The van der Waals surface area contributed by atoms with Gasteiger partial charge in [-0.15, -0.1) is 0 Å². The number of benzene rings is 2. The second-order valence-corrected chi connectivity index (χ2v) is 5.17. The zero-order valence-electron chi connectivity index (χ0n) is 12.1. The molecular weight excluding hydrogens is 253 g/mol. The summed E-state index contributed by atoms with van der Waals surface area (Å²) in [6, 6.07) is 13.0. The van der Waals surface area contributed by atoms with E-state index >= 15 is 0 Å². The molecule has 0 aliphatic carbocycles. The highest BCUT2D eigenvalue weighted by Crippen LogP contribution is 2.24. The molecule has 0 saturated carbocycles. The number of nitrogens with zero attached hydrogens (tertiary/aromatic N) is 1. The molecule has 0 saturated heterocycles. The molecule has 0 amide bonds. The predicted molar refractivity (Wildman–Crippen MR) is 80.3 cm³/mol. The number of rotatable bonds is 4. The number of aryl methyl sites for hydroxylation is 1. The number of aliphatic hydroxyl groups excluding tert-OH is 1. The normalized spacial score (nSPS) is 12.2. The van der Waals surface area contributed by atoms with Crippen molar-refractivity contribution in [1.82, 2.24) is 0 Å². The first-order chi connectivity index (χ1) is 9.49. The molecule has 0 fully saturated rings. The van der Waals surface area contributed by atoms with Crippen LogP contribution in [0.5, 0.6) is 0 Å². The second kappa shape index (κ2) is 6.06. The Labute approximate surface area is 119 Å². The van der Waals surface area contributed by atoms with Gasteiger partial charge in [0, 0.05) is 13.6 Å². The molecule has 0 aliphatic heterocycles. The van der Waals surface area contributed by atoms with Gasteiger partial charge in [-0.05, 0) is 42.7 Å². The summed E-state index contributed by atoms with van der Waals surface area (Å²) in [5, 5.41) is 9.47. The van der Waals surface area contributed by atoms with E-state index in [2.05, 4.69) is 13.0 Å². The molecule has 0 bridgehead atoms. The molecule has 2 nitrogen and oxygen atoms in total. The quantitative estimate of drug-likeness (QED) is 0.915. The summed E-state index contributed by atoms with van der Waals surface area (Å²) in [7, 11) is 1.87. The van der Waals surface area contributed by atoms with Crippen LogP contribution in [0.3, 0.4) is 0 Å². The van der Waals surface area contributed by atoms with Crippen LogP contribution in [0, 0.1) is 12.7 Å². The Morgan fingerprint density at radius 3 is 2.50 bits per heavy atom. The maximum absolute atomic E-state index is 14.1. The molecule has 0 spiro atoms. The van der Waals surface area contributed by atoms with Crippen molar-refractivity contribution < 1.29 is 9.50 Å². The molecule has 1 N–H and O–H groups in total. The standard InChI is InChI=1S/C17H20FNO/c1-12-6-4-5-7-15(12)11-19(3)17-9-8-14(13(2)20)10-16(17)18/h4-10,13,20H,11H2,1-3H3/t13-/m1/s1. The molecule has 106 valence electrons. The lowest BCUT2D eigenvalue weighted by Gasteiger charge is -2.21. The Bertz CT molecular complexity index is 595. The lowest BCUT2D eigenvalue weighted by molar-refractivity contribution is 0.199. The van der Waals surface area contributed by atoms with E-state index in [1.165, 1.54) is 17.2 Å². The van der Waals surface area contributed by atoms with Crippen molar-refractivity contribution in [3.63, 3.8) is 0 Å². The molecule has 2 rings (SSSR count). The van der Waals surface area contributed by atoms with Gasteiger partial charge >= 0.3 is 0 Å². The molecule has 0 aliphatic rings. The van der Waals surface area contributed by atoms with Crippen LogP contribution < -0.4 is 4.90 Å². The molecule has 2 aromatic carbocycles. The van der Waals surface area contributed by atoms with E-state index in [1.54, 1.807) is 19.1 Å². The van der Waals surface area contributed by atoms with E-state index < -0.39 is 6.10 Å². The monoisotopic (exact) mass is 273 g/mol. The van der Waals surface area contributed by atoms with Crippen molar-refractivity contribution >= 4 is 5.69 Å². The SMILES string of the molecule is Cc1ccccc1CN(C)c1ccc([C@@H](C)O)cc1F. The van der Waals surface area contributed by atoms with Gasteiger partial charge in [0.15, 0.2) is 0 Å². The molecule has 0 unspecified atom stereocenters. The smallest absolute Gasteiger partial charge is 0.146 e. The highest BCUT2D eigenvalue weighted by molar-refractivity contribution is 5.49. The topological polar surface area (TPSA) is 23.5 Å². The molecule has 0 radical (unpaired) electrons. The van der Waals surface area contributed by atoms with E-state index in [4.69, 9.17) is 0 Å². The average Bonchev–Trinajstić information content (AvgIpc) is 2.41. The molecular formula is C17H20FNO. The van der Waals surface area contributed by atoms with Crippen LogP contribution in [0.1, 0.15) is 29.7 Å². The molecule has 2 aromatic rings. The van der Waals surface area contributed by atoms with E-state index in [1.807, 2.05) is 30.1 Å². The Morgan fingerprint density at radius 2 is 1.90 bits per heavy atom. The van der Waals surface area contributed by atoms with Crippen LogP contribution >= 0.6 is 0 Å². The van der Waals surface area contributed by atoms with Crippen LogP contribution in [0.15, 0.2) is 42.5 Å². The van der Waals surface area contributed by atoms with Gasteiger partial charge < -0.3 is 10.0 Å². The van der Waals surface area contributed by atoms with Crippen LogP contribution in [0.4, 0.5) is 10.1 Å². The Kier molecular flexibility index (Phi) is 4.40. The largest absolute Gasteiger partial charge is 0.389 e. The summed E-state index contributed by atoms with van der Waals surface area (Å²) >= 11 is 0. The number of halogens is 1. The maximum Gasteiger partial charge on any atom is 0.146 e. The van der Waals surface area contributed by atoms with E-state index in [-0.39, 0.29) is 5.82 Å². The minimum Gasteiger partial charge on any atom is -0.389 e. The summed E-state index contributed by atoms with van der Waals surface area (Å²) in [5.41, 5.74) is 3.50. The lowest BCUT2D eigenvalue weighted by atomic mass is 10.1. The van der Waals surface area contributed by atoms with Crippen molar-refractivity contribution in [3.05, 3.63) is 65.0 Å². The molecule has 20 heavy (non-hydrogen) atoms. The summed E-state index contributed by atoms with van der Waals surface area (Å²) in [6.45, 7) is 4.33. The highest BCUT2D eigenvalue weighted by atomic mass is 19.1. The fraction of sp³-hybridized carbons (Fsp3) is 0.294. The molecule has 0 heterocycles. The van der Waals surface area contributed by atoms with E-state index in [0.29, 0.717) is 17.8 Å². The number of anilines is 1. The van der Waals surface area contributed by atoms with Gasteiger partial charge in [-0.2, -0.15) is 0 Å². The van der Waals surface area contributed by atoms with Crippen LogP contribution in [0.2, 0.25) is 0 Å². The third-order valence-electron chi connectivity index (χ3n) is 3.53. The van der Waals surface area contributed by atoms with Crippen molar-refractivity contribution in [2.24, 2.45) is 0 Å². The number of hydrogen-bond acceptors (Lipinski definition) is 2. The maximum atomic E-state index is 14.1. The van der Waals surface area contributed by atoms with Gasteiger partial charge in [0.2, 0.25) is 0 Å². The summed E-state index contributed by atoms with van der Waals surface area (Å²) in [5.74, 6) is -0.306. The Hall–Kier alpha value is -1.87. The summed E-state index contributed by atoms with van der Waals surface area (Å²) in [4.78, 5) is 1.88. The third kappa shape index (κ3) is 3.17. The van der Waals surface area contributed by atoms with Crippen LogP contribution in [-0.2, 0) is 6.54 Å². The summed E-state index contributed by atoms with van der Waals surface area (Å²) < 4.78 is 14.1. The highest BCUT2D eigenvalue weighted by Gasteiger charge is 2.11. The van der Waals surface area contributed by atoms with Gasteiger partial charge in [0.25, 0.3) is 0 Å². The van der Waals surface area contributed by atoms with Gasteiger partial charge in [-0.25, -0.2) is 4.39 Å². The minimum absolute atomic E-state index is 0.306. The van der Waals surface area contributed by atoms with Gasteiger partial charge in [-0.1, -0.05) is 30.3 Å². The van der Waals surface area contributed by atoms with Gasteiger partial charge in [0.05, 0.1) is 11.8 Å². The number of hydrogen-bond donors (Lipinski definition) is 1. The van der Waals surface area contributed by atoms with Crippen molar-refractivity contribution in [2.75, 3.05) is 11.9 Å². The fourth-order valence-corrected chi connectivity index (χ4v) is 2.22. The average molecular weight is 273 g/mol. The first-order valence-corrected chi connectivity index (χ1v) is 6.72. The van der Waals surface area contributed by atoms with E-state index in [0.717, 1.165) is 0 Å².